The maximum atomic E-state index is 6.12. The van der Waals surface area contributed by atoms with Crippen LogP contribution < -0.4 is 9.64 Å². The fourth-order valence-electron chi connectivity index (χ4n) is 2.36. The number of aromatic nitrogens is 2. The number of para-hydroxylation sites is 1. The summed E-state index contributed by atoms with van der Waals surface area (Å²) in [5.41, 5.74) is 0. The molecule has 0 radical (unpaired) electrons. The molecule has 0 amide bonds. The van der Waals surface area contributed by atoms with Crippen molar-refractivity contribution in [3.8, 4) is 5.75 Å². The van der Waals surface area contributed by atoms with Crippen molar-refractivity contribution in [3.05, 3.63) is 46.2 Å². The fraction of sp³-hybridized carbons (Fsp3) is 0.333. The normalized spacial score (nSPS) is 16.0. The number of halogens is 2. The van der Waals surface area contributed by atoms with Gasteiger partial charge < -0.3 is 9.64 Å². The van der Waals surface area contributed by atoms with Gasteiger partial charge in [-0.15, -0.1) is 0 Å². The van der Waals surface area contributed by atoms with Gasteiger partial charge in [0, 0.05) is 38.3 Å². The van der Waals surface area contributed by atoms with Crippen LogP contribution in [-0.4, -0.2) is 29.2 Å². The molecule has 0 atom stereocenters. The predicted octanol–water partition coefficient (Wildman–Crippen LogP) is 3.94. The lowest BCUT2D eigenvalue weighted by Crippen LogP contribution is -2.39. The monoisotopic (exact) mass is 367 g/mol. The Bertz CT molecular complexity index is 600. The van der Waals surface area contributed by atoms with Gasteiger partial charge in [-0.1, -0.05) is 23.7 Å². The molecule has 0 saturated carbocycles. The van der Waals surface area contributed by atoms with E-state index in [1.165, 1.54) is 0 Å². The molecule has 0 bridgehead atoms. The summed E-state index contributed by atoms with van der Waals surface area (Å²) in [7, 11) is 0. The fourth-order valence-corrected chi connectivity index (χ4v) is 2.75. The zero-order valence-corrected chi connectivity index (χ0v) is 13.7. The van der Waals surface area contributed by atoms with Crippen molar-refractivity contribution in [2.45, 2.75) is 18.9 Å². The lowest BCUT2D eigenvalue weighted by Gasteiger charge is -2.32. The quantitative estimate of drug-likeness (QED) is 0.822. The average Bonchev–Trinajstić information content (AvgIpc) is 2.51. The van der Waals surface area contributed by atoms with Crippen LogP contribution in [0.25, 0.3) is 0 Å². The summed E-state index contributed by atoms with van der Waals surface area (Å²) >= 11 is 9.47. The average molecular weight is 369 g/mol. The highest BCUT2D eigenvalue weighted by molar-refractivity contribution is 9.10. The molecule has 1 aromatic carbocycles. The number of piperidine rings is 1. The predicted molar refractivity (Wildman–Crippen MR) is 87.0 cm³/mol. The van der Waals surface area contributed by atoms with Gasteiger partial charge >= 0.3 is 0 Å². The lowest BCUT2D eigenvalue weighted by molar-refractivity contribution is 0.170. The minimum atomic E-state index is 0.191. The third kappa shape index (κ3) is 3.66. The Morgan fingerprint density at radius 1 is 1.14 bits per heavy atom. The van der Waals surface area contributed by atoms with Gasteiger partial charge in [-0.25, -0.2) is 9.97 Å². The number of hydrogen-bond donors (Lipinski definition) is 0. The Kier molecular flexibility index (Phi) is 4.60. The van der Waals surface area contributed by atoms with Gasteiger partial charge in [0.25, 0.3) is 0 Å². The minimum Gasteiger partial charge on any atom is -0.489 e. The summed E-state index contributed by atoms with van der Waals surface area (Å²) in [4.78, 5) is 10.8. The highest BCUT2D eigenvalue weighted by Gasteiger charge is 2.22. The smallest absolute Gasteiger partial charge is 0.225 e. The zero-order chi connectivity index (χ0) is 14.7. The second-order valence-corrected chi connectivity index (χ2v) is 6.26. The van der Waals surface area contributed by atoms with Crippen molar-refractivity contribution >= 4 is 33.5 Å². The largest absolute Gasteiger partial charge is 0.489 e. The van der Waals surface area contributed by atoms with E-state index in [-0.39, 0.29) is 6.10 Å². The first kappa shape index (κ1) is 14.6. The first-order valence-corrected chi connectivity index (χ1v) is 8.03. The molecule has 0 N–H and O–H groups in total. The maximum Gasteiger partial charge on any atom is 0.225 e. The number of benzene rings is 1. The molecule has 0 unspecified atom stereocenters. The Balaban J connectivity index is 1.58. The molecule has 1 saturated heterocycles. The highest BCUT2D eigenvalue weighted by atomic mass is 79.9. The van der Waals surface area contributed by atoms with Gasteiger partial charge in [0.1, 0.15) is 11.9 Å². The number of nitrogens with zero attached hydrogens (tertiary/aromatic N) is 3. The van der Waals surface area contributed by atoms with E-state index in [4.69, 9.17) is 16.3 Å². The third-order valence-electron chi connectivity index (χ3n) is 3.46. The summed E-state index contributed by atoms with van der Waals surface area (Å²) in [5.74, 6) is 1.53. The van der Waals surface area contributed by atoms with Crippen LogP contribution in [0.5, 0.6) is 5.75 Å². The van der Waals surface area contributed by atoms with Gasteiger partial charge in [-0.3, -0.25) is 0 Å². The molecule has 0 spiro atoms. The van der Waals surface area contributed by atoms with Crippen molar-refractivity contribution in [1.29, 1.82) is 0 Å². The van der Waals surface area contributed by atoms with Crippen LogP contribution in [0.4, 0.5) is 5.95 Å². The van der Waals surface area contributed by atoms with Crippen LogP contribution in [0, 0.1) is 0 Å². The van der Waals surface area contributed by atoms with Crippen LogP contribution in [0.15, 0.2) is 41.1 Å². The van der Waals surface area contributed by atoms with Crippen molar-refractivity contribution in [2.75, 3.05) is 18.0 Å². The van der Waals surface area contributed by atoms with E-state index in [9.17, 15) is 0 Å². The van der Waals surface area contributed by atoms with Crippen molar-refractivity contribution in [2.24, 2.45) is 0 Å². The molecule has 4 nitrogen and oxygen atoms in total. The number of rotatable bonds is 3. The topological polar surface area (TPSA) is 38.2 Å². The molecule has 2 aromatic rings. The van der Waals surface area contributed by atoms with Crippen molar-refractivity contribution < 1.29 is 4.74 Å². The molecule has 2 heterocycles. The van der Waals surface area contributed by atoms with Gasteiger partial charge in [-0.2, -0.15) is 0 Å². The van der Waals surface area contributed by atoms with Crippen molar-refractivity contribution in [1.82, 2.24) is 9.97 Å². The molecule has 110 valence electrons. The van der Waals surface area contributed by atoms with E-state index in [0.717, 1.165) is 42.1 Å². The van der Waals surface area contributed by atoms with E-state index < -0.39 is 0 Å². The molecule has 21 heavy (non-hydrogen) atoms. The SMILES string of the molecule is Clc1ccccc1OC1CCN(c2ncc(Br)cn2)CC1. The summed E-state index contributed by atoms with van der Waals surface area (Å²) in [6.07, 6.45) is 5.61. The van der Waals surface area contributed by atoms with Crippen molar-refractivity contribution in [3.63, 3.8) is 0 Å². The highest BCUT2D eigenvalue weighted by Crippen LogP contribution is 2.27. The summed E-state index contributed by atoms with van der Waals surface area (Å²) in [6, 6.07) is 7.60. The Hall–Kier alpha value is -1.33. The number of hydrogen-bond acceptors (Lipinski definition) is 4. The molecule has 1 aliphatic heterocycles. The first-order chi connectivity index (χ1) is 10.2. The van der Waals surface area contributed by atoms with Crippen LogP contribution in [0.3, 0.4) is 0 Å². The zero-order valence-electron chi connectivity index (χ0n) is 11.4. The Morgan fingerprint density at radius 2 is 1.81 bits per heavy atom. The minimum absolute atomic E-state index is 0.191. The Morgan fingerprint density at radius 3 is 2.48 bits per heavy atom. The second kappa shape index (κ2) is 6.62. The molecule has 6 heteroatoms. The molecule has 1 fully saturated rings. The standard InChI is InChI=1S/C15H15BrClN3O/c16-11-9-18-15(19-10-11)20-7-5-12(6-8-20)21-14-4-2-1-3-13(14)17/h1-4,9-10,12H,5-8H2. The van der Waals surface area contributed by atoms with Crippen LogP contribution in [0.1, 0.15) is 12.8 Å². The van der Waals surface area contributed by atoms with Gasteiger partial charge in [0.15, 0.2) is 0 Å². The molecular weight excluding hydrogens is 354 g/mol. The van der Waals surface area contributed by atoms with E-state index >= 15 is 0 Å². The van der Waals surface area contributed by atoms with Crippen LogP contribution in [-0.2, 0) is 0 Å². The molecule has 1 aromatic heterocycles. The summed E-state index contributed by atoms with van der Waals surface area (Å²) < 4.78 is 6.87. The van der Waals surface area contributed by atoms with Crippen LogP contribution >= 0.6 is 27.5 Å². The van der Waals surface area contributed by atoms with Gasteiger partial charge in [0.05, 0.1) is 9.50 Å². The van der Waals surface area contributed by atoms with E-state index in [0.29, 0.717) is 5.02 Å². The number of anilines is 1. The van der Waals surface area contributed by atoms with Gasteiger partial charge in [-0.05, 0) is 28.1 Å². The maximum absolute atomic E-state index is 6.12. The third-order valence-corrected chi connectivity index (χ3v) is 4.18. The van der Waals surface area contributed by atoms with Gasteiger partial charge in [0.2, 0.25) is 5.95 Å². The molecule has 3 rings (SSSR count). The van der Waals surface area contributed by atoms with Crippen LogP contribution in [0.2, 0.25) is 5.02 Å². The molecule has 1 aliphatic rings. The second-order valence-electron chi connectivity index (χ2n) is 4.94. The first-order valence-electron chi connectivity index (χ1n) is 6.86. The summed E-state index contributed by atoms with van der Waals surface area (Å²) in [6.45, 7) is 1.77. The van der Waals surface area contributed by atoms with E-state index in [1.54, 1.807) is 12.4 Å². The van der Waals surface area contributed by atoms with E-state index in [1.807, 2.05) is 24.3 Å². The molecule has 0 aliphatic carbocycles. The summed E-state index contributed by atoms with van der Waals surface area (Å²) in [5, 5.41) is 0.663. The molecular formula is C15H15BrClN3O. The van der Waals surface area contributed by atoms with E-state index in [2.05, 4.69) is 30.8 Å². The Labute approximate surface area is 137 Å². The number of ether oxygens (including phenoxy) is 1. The lowest BCUT2D eigenvalue weighted by atomic mass is 10.1.